The first-order chi connectivity index (χ1) is 6.36. The minimum Gasteiger partial charge on any atom is -0.465 e. The highest BCUT2D eigenvalue weighted by atomic mass is 16.5. The number of aliphatic hydroxyl groups excluding tert-OH is 1. The normalized spacial score (nSPS) is 52.7. The second kappa shape index (κ2) is 2.68. The largest absolute Gasteiger partial charge is 0.465 e. The minimum atomic E-state index is -1.52. The molecule has 0 aromatic carbocycles. The molecule has 5 heteroatoms. The summed E-state index contributed by atoms with van der Waals surface area (Å²) in [4.78, 5) is 11.0. The molecule has 1 saturated heterocycles. The van der Waals surface area contributed by atoms with Crippen molar-refractivity contribution in [3.8, 4) is 0 Å². The molecular weight excluding hydrogens is 188 g/mol. The Bertz CT molecular complexity index is 274. The molecule has 0 unspecified atom stereocenters. The highest BCUT2D eigenvalue weighted by molar-refractivity contribution is 5.72. The predicted octanol–water partition coefficient (Wildman–Crippen LogP) is -1.20. The summed E-state index contributed by atoms with van der Waals surface area (Å²) in [6, 6.07) is 0. The van der Waals surface area contributed by atoms with Crippen LogP contribution in [0.25, 0.3) is 0 Å². The van der Waals surface area contributed by atoms with Crippen LogP contribution in [0.15, 0.2) is 0 Å². The third kappa shape index (κ3) is 1.16. The van der Waals surface area contributed by atoms with Gasteiger partial charge in [0.25, 0.3) is 0 Å². The van der Waals surface area contributed by atoms with Gasteiger partial charge in [0, 0.05) is 6.42 Å². The number of esters is 1. The van der Waals surface area contributed by atoms with E-state index in [1.165, 1.54) is 6.92 Å². The summed E-state index contributed by atoms with van der Waals surface area (Å²) in [6.07, 6.45) is -1.23. The molecule has 14 heavy (non-hydrogen) atoms. The van der Waals surface area contributed by atoms with Gasteiger partial charge in [0.05, 0.1) is 30.7 Å². The zero-order valence-electron chi connectivity index (χ0n) is 7.93. The van der Waals surface area contributed by atoms with Crippen molar-refractivity contribution in [3.63, 3.8) is 0 Å². The van der Waals surface area contributed by atoms with Crippen LogP contribution in [0.3, 0.4) is 0 Å². The Labute approximate surface area is 81.3 Å². The van der Waals surface area contributed by atoms with Gasteiger partial charge < -0.3 is 20.1 Å². The van der Waals surface area contributed by atoms with Crippen molar-refractivity contribution in [1.29, 1.82) is 0 Å². The summed E-state index contributed by atoms with van der Waals surface area (Å²) in [5, 5.41) is 29.6. The van der Waals surface area contributed by atoms with Crippen LogP contribution in [0.2, 0.25) is 0 Å². The molecule has 1 saturated carbocycles. The number of ether oxygens (including phenoxy) is 1. The van der Waals surface area contributed by atoms with Crippen LogP contribution >= 0.6 is 0 Å². The second-order valence-corrected chi connectivity index (χ2v) is 4.48. The Morgan fingerprint density at radius 3 is 2.79 bits per heavy atom. The molecule has 1 aliphatic heterocycles. The maximum absolute atomic E-state index is 11.0. The van der Waals surface area contributed by atoms with E-state index in [1.807, 2.05) is 0 Å². The van der Waals surface area contributed by atoms with Crippen molar-refractivity contribution in [2.45, 2.75) is 37.1 Å². The van der Waals surface area contributed by atoms with Gasteiger partial charge in [-0.25, -0.2) is 0 Å². The standard InChI is InChI=1S/C9H14O5/c1-8(12)2-6(10)9(13)3-7(11)14-4-5(8)9/h5-6,10,12-13H,2-4H2,1H3/t5-,6-,8+,9+/m0/s1. The Morgan fingerprint density at radius 2 is 2.14 bits per heavy atom. The van der Waals surface area contributed by atoms with Crippen LogP contribution in [0.1, 0.15) is 19.8 Å². The van der Waals surface area contributed by atoms with E-state index in [-0.39, 0.29) is 19.4 Å². The fraction of sp³-hybridized carbons (Fsp3) is 0.889. The van der Waals surface area contributed by atoms with Gasteiger partial charge >= 0.3 is 5.97 Å². The molecule has 0 radical (unpaired) electrons. The van der Waals surface area contributed by atoms with Gasteiger partial charge in [0.15, 0.2) is 0 Å². The molecule has 1 aliphatic carbocycles. The molecular formula is C9H14O5. The van der Waals surface area contributed by atoms with Gasteiger partial charge in [-0.2, -0.15) is 0 Å². The Morgan fingerprint density at radius 1 is 1.50 bits per heavy atom. The molecule has 2 aliphatic rings. The quantitative estimate of drug-likeness (QED) is 0.429. The number of rotatable bonds is 0. The Kier molecular flexibility index (Phi) is 1.90. The van der Waals surface area contributed by atoms with E-state index in [4.69, 9.17) is 4.74 Å². The number of aliphatic hydroxyl groups is 3. The van der Waals surface area contributed by atoms with E-state index in [0.717, 1.165) is 0 Å². The topological polar surface area (TPSA) is 87.0 Å². The van der Waals surface area contributed by atoms with Crippen molar-refractivity contribution in [2.75, 3.05) is 6.61 Å². The van der Waals surface area contributed by atoms with Crippen LogP contribution in [0, 0.1) is 5.92 Å². The number of carbonyl (C=O) groups is 1. The minimum absolute atomic E-state index is 0.0284. The Hall–Kier alpha value is -0.650. The van der Waals surface area contributed by atoms with Crippen LogP contribution in [-0.4, -0.2) is 45.2 Å². The molecule has 0 spiro atoms. The fourth-order valence-corrected chi connectivity index (χ4v) is 2.50. The average molecular weight is 202 g/mol. The lowest BCUT2D eigenvalue weighted by atomic mass is 9.80. The van der Waals surface area contributed by atoms with E-state index in [1.54, 1.807) is 0 Å². The predicted molar refractivity (Wildman–Crippen MR) is 45.3 cm³/mol. The van der Waals surface area contributed by atoms with Gasteiger partial charge in [-0.1, -0.05) is 0 Å². The SMILES string of the molecule is C[C@@]1(O)C[C@H](O)[C@@]2(O)CC(=O)OC[C@H]21. The van der Waals surface area contributed by atoms with Crippen LogP contribution in [-0.2, 0) is 9.53 Å². The summed E-state index contributed by atoms with van der Waals surface area (Å²) in [6.45, 7) is 1.51. The van der Waals surface area contributed by atoms with Crippen molar-refractivity contribution in [2.24, 2.45) is 5.92 Å². The first-order valence-corrected chi connectivity index (χ1v) is 4.65. The first kappa shape index (κ1) is 9.89. The second-order valence-electron chi connectivity index (χ2n) is 4.48. The number of carbonyl (C=O) groups excluding carboxylic acids is 1. The maximum Gasteiger partial charge on any atom is 0.308 e. The number of hydrogen-bond acceptors (Lipinski definition) is 5. The lowest BCUT2D eigenvalue weighted by molar-refractivity contribution is -0.186. The van der Waals surface area contributed by atoms with Crippen LogP contribution in [0.5, 0.6) is 0 Å². The van der Waals surface area contributed by atoms with Gasteiger partial charge in [0.1, 0.15) is 5.60 Å². The molecule has 0 amide bonds. The van der Waals surface area contributed by atoms with E-state index < -0.39 is 29.2 Å². The third-order valence-electron chi connectivity index (χ3n) is 3.38. The summed E-state index contributed by atoms with van der Waals surface area (Å²) in [5.41, 5.74) is -2.69. The molecule has 0 bridgehead atoms. The first-order valence-electron chi connectivity index (χ1n) is 4.65. The smallest absolute Gasteiger partial charge is 0.308 e. The van der Waals surface area contributed by atoms with Crippen molar-refractivity contribution < 1.29 is 24.9 Å². The molecule has 3 N–H and O–H groups in total. The van der Waals surface area contributed by atoms with E-state index in [9.17, 15) is 20.1 Å². The average Bonchev–Trinajstić information content (AvgIpc) is 2.17. The highest BCUT2D eigenvalue weighted by Crippen LogP contribution is 2.47. The van der Waals surface area contributed by atoms with E-state index >= 15 is 0 Å². The summed E-state index contributed by atoms with van der Waals surface area (Å²) in [5.74, 6) is -1.12. The number of fused-ring (bicyclic) bond motifs is 1. The van der Waals surface area contributed by atoms with Gasteiger partial charge in [-0.15, -0.1) is 0 Å². The molecule has 2 rings (SSSR count). The van der Waals surface area contributed by atoms with Gasteiger partial charge in [0.2, 0.25) is 0 Å². The van der Waals surface area contributed by atoms with Crippen molar-refractivity contribution in [3.05, 3.63) is 0 Å². The third-order valence-corrected chi connectivity index (χ3v) is 3.38. The summed E-state index contributed by atoms with van der Waals surface area (Å²) < 4.78 is 4.77. The summed E-state index contributed by atoms with van der Waals surface area (Å²) in [7, 11) is 0. The molecule has 5 nitrogen and oxygen atoms in total. The Balaban J connectivity index is 2.33. The van der Waals surface area contributed by atoms with E-state index in [0.29, 0.717) is 0 Å². The molecule has 0 aromatic rings. The highest BCUT2D eigenvalue weighted by Gasteiger charge is 2.62. The number of hydrogen-bond donors (Lipinski definition) is 3. The van der Waals surface area contributed by atoms with Gasteiger partial charge in [-0.3, -0.25) is 4.79 Å². The molecule has 0 aromatic heterocycles. The van der Waals surface area contributed by atoms with Crippen molar-refractivity contribution in [1.82, 2.24) is 0 Å². The summed E-state index contributed by atoms with van der Waals surface area (Å²) >= 11 is 0. The van der Waals surface area contributed by atoms with E-state index in [2.05, 4.69) is 0 Å². The van der Waals surface area contributed by atoms with Crippen LogP contribution < -0.4 is 0 Å². The maximum atomic E-state index is 11.0. The molecule has 80 valence electrons. The molecule has 4 atom stereocenters. The zero-order valence-corrected chi connectivity index (χ0v) is 7.93. The lowest BCUT2D eigenvalue weighted by Gasteiger charge is -2.38. The molecule has 1 heterocycles. The molecule has 2 fully saturated rings. The zero-order chi connectivity index (χ0) is 10.6. The van der Waals surface area contributed by atoms with Crippen LogP contribution in [0.4, 0.5) is 0 Å². The fourth-order valence-electron chi connectivity index (χ4n) is 2.50. The van der Waals surface area contributed by atoms with Crippen molar-refractivity contribution >= 4 is 5.97 Å². The van der Waals surface area contributed by atoms with Gasteiger partial charge in [-0.05, 0) is 6.92 Å². The number of cyclic esters (lactones) is 1. The monoisotopic (exact) mass is 202 g/mol. The lowest BCUT2D eigenvalue weighted by Crippen LogP contribution is -2.53.